The molecule has 1 aliphatic carbocycles. The van der Waals surface area contributed by atoms with E-state index in [1.807, 2.05) is 40.8 Å². The molecule has 0 spiro atoms. The van der Waals surface area contributed by atoms with Crippen LogP contribution in [0.5, 0.6) is 0 Å². The Kier molecular flexibility index (Phi) is 8.45. The lowest BCUT2D eigenvalue weighted by Gasteiger charge is -2.20. The SMILES string of the molecule is Cc1cccc(C)c1CC[C@H]1C(F)C(I)C(=O)[C@@H]1C/C=C\CCCC(=O)O. The summed E-state index contributed by atoms with van der Waals surface area (Å²) in [6, 6.07) is 6.19. The number of ketones is 1. The Balaban J connectivity index is 1.98. The fourth-order valence-corrected chi connectivity index (χ4v) is 4.94. The Labute approximate surface area is 174 Å². The number of aryl methyl sites for hydroxylation is 2. The highest BCUT2D eigenvalue weighted by molar-refractivity contribution is 14.1. The number of aliphatic carboxylic acids is 1. The van der Waals surface area contributed by atoms with Crippen molar-refractivity contribution >= 4 is 34.3 Å². The number of unbranched alkanes of at least 4 members (excludes halogenated alkanes) is 1. The molecule has 3 nitrogen and oxygen atoms in total. The molecule has 0 amide bonds. The highest BCUT2D eigenvalue weighted by atomic mass is 127. The topological polar surface area (TPSA) is 54.4 Å². The van der Waals surface area contributed by atoms with Crippen molar-refractivity contribution in [2.75, 3.05) is 0 Å². The summed E-state index contributed by atoms with van der Waals surface area (Å²) in [4.78, 5) is 23.0. The van der Waals surface area contributed by atoms with Gasteiger partial charge in [0.05, 0.1) is 0 Å². The summed E-state index contributed by atoms with van der Waals surface area (Å²) in [6.07, 6.45) is 6.18. The smallest absolute Gasteiger partial charge is 0.303 e. The van der Waals surface area contributed by atoms with Crippen molar-refractivity contribution < 1.29 is 19.1 Å². The highest BCUT2D eigenvalue weighted by Gasteiger charge is 2.48. The van der Waals surface area contributed by atoms with E-state index in [0.717, 1.165) is 6.42 Å². The number of hydrogen-bond acceptors (Lipinski definition) is 2. The van der Waals surface area contributed by atoms with Crippen molar-refractivity contribution in [2.45, 2.75) is 62.5 Å². The van der Waals surface area contributed by atoms with Crippen LogP contribution in [0, 0.1) is 25.7 Å². The quantitative estimate of drug-likeness (QED) is 0.220. The van der Waals surface area contributed by atoms with Gasteiger partial charge in [-0.1, -0.05) is 52.9 Å². The summed E-state index contributed by atoms with van der Waals surface area (Å²) >= 11 is 1.95. The molecule has 1 aliphatic rings. The van der Waals surface area contributed by atoms with E-state index in [1.165, 1.54) is 16.7 Å². The number of Topliss-reactive ketones (excluding diaryl/α,β-unsaturated/α-hetero) is 1. The summed E-state index contributed by atoms with van der Waals surface area (Å²) in [5.41, 5.74) is 3.70. The maximum atomic E-state index is 14.8. The van der Waals surface area contributed by atoms with Gasteiger partial charge >= 0.3 is 5.97 Å². The summed E-state index contributed by atoms with van der Waals surface area (Å²) in [6.45, 7) is 4.15. The fourth-order valence-electron chi connectivity index (χ4n) is 3.95. The van der Waals surface area contributed by atoms with Gasteiger partial charge in [0.1, 0.15) is 10.1 Å². The standard InChI is InChI=1S/C22H28FIO3/c1-14-8-7-9-15(2)16(14)12-13-17-18(22(27)21(24)20(17)23)10-5-3-4-6-11-19(25)26/h3,5,7-9,17-18,20-21H,4,6,10-13H2,1-2H3,(H,25,26)/b5-3-/t17-,18-,20?,21?/m1/s1. The molecule has 0 aromatic heterocycles. The number of rotatable bonds is 9. The minimum atomic E-state index is -1.09. The second-order valence-corrected chi connectivity index (χ2v) is 8.76. The van der Waals surface area contributed by atoms with Gasteiger partial charge in [-0.3, -0.25) is 9.59 Å². The molecule has 0 radical (unpaired) electrons. The molecule has 148 valence electrons. The zero-order valence-corrected chi connectivity index (χ0v) is 18.1. The Bertz CT molecular complexity index is 681. The maximum Gasteiger partial charge on any atom is 0.303 e. The van der Waals surface area contributed by atoms with E-state index >= 15 is 0 Å². The van der Waals surface area contributed by atoms with Crippen molar-refractivity contribution in [3.8, 4) is 0 Å². The first-order chi connectivity index (χ1) is 12.8. The molecule has 1 saturated carbocycles. The minimum Gasteiger partial charge on any atom is -0.481 e. The van der Waals surface area contributed by atoms with Crippen molar-refractivity contribution in [2.24, 2.45) is 11.8 Å². The number of halogens is 2. The Hall–Kier alpha value is -1.24. The summed E-state index contributed by atoms with van der Waals surface area (Å²) in [5, 5.41) is 8.65. The molecular formula is C22H28FIO3. The number of carbonyl (C=O) groups excluding carboxylic acids is 1. The van der Waals surface area contributed by atoms with Crippen LogP contribution < -0.4 is 0 Å². The molecule has 0 heterocycles. The number of carboxylic acid groups (broad SMARTS) is 1. The molecule has 5 heteroatoms. The molecule has 0 aliphatic heterocycles. The number of carboxylic acids is 1. The van der Waals surface area contributed by atoms with E-state index < -0.39 is 16.1 Å². The highest BCUT2D eigenvalue weighted by Crippen LogP contribution is 2.41. The van der Waals surface area contributed by atoms with Gasteiger partial charge in [-0.2, -0.15) is 0 Å². The van der Waals surface area contributed by atoms with Crippen LogP contribution >= 0.6 is 22.6 Å². The molecule has 0 saturated heterocycles. The van der Waals surface area contributed by atoms with E-state index in [4.69, 9.17) is 5.11 Å². The molecular weight excluding hydrogens is 458 g/mol. The minimum absolute atomic E-state index is 0.0183. The van der Waals surface area contributed by atoms with E-state index in [-0.39, 0.29) is 24.0 Å². The van der Waals surface area contributed by atoms with Crippen LogP contribution in [0.3, 0.4) is 0 Å². The number of benzene rings is 1. The lowest BCUT2D eigenvalue weighted by molar-refractivity contribution is -0.137. The zero-order valence-electron chi connectivity index (χ0n) is 16.0. The molecule has 1 aromatic carbocycles. The van der Waals surface area contributed by atoms with E-state index in [9.17, 15) is 14.0 Å². The fraction of sp³-hybridized carbons (Fsp3) is 0.545. The van der Waals surface area contributed by atoms with E-state index in [1.54, 1.807) is 0 Å². The maximum absolute atomic E-state index is 14.8. The van der Waals surface area contributed by atoms with Crippen LogP contribution in [0.1, 0.15) is 48.8 Å². The van der Waals surface area contributed by atoms with Crippen molar-refractivity contribution in [1.82, 2.24) is 0 Å². The molecule has 27 heavy (non-hydrogen) atoms. The normalized spacial score (nSPS) is 25.4. The number of hydrogen-bond donors (Lipinski definition) is 1. The van der Waals surface area contributed by atoms with E-state index in [2.05, 4.69) is 26.0 Å². The first kappa shape index (κ1) is 22.1. The lowest BCUT2D eigenvalue weighted by atomic mass is 9.85. The molecule has 2 unspecified atom stereocenters. The molecule has 1 N–H and O–H groups in total. The number of alkyl halides is 2. The second kappa shape index (κ2) is 10.3. The molecule has 0 bridgehead atoms. The summed E-state index contributed by atoms with van der Waals surface area (Å²) in [5.74, 6) is -1.30. The van der Waals surface area contributed by atoms with Crippen LogP contribution in [0.4, 0.5) is 4.39 Å². The Morgan fingerprint density at radius 2 is 1.93 bits per heavy atom. The third kappa shape index (κ3) is 5.87. The Morgan fingerprint density at radius 1 is 1.26 bits per heavy atom. The predicted octanol–water partition coefficient (Wildman–Crippen LogP) is 5.39. The van der Waals surface area contributed by atoms with Crippen LogP contribution in [-0.4, -0.2) is 27.0 Å². The second-order valence-electron chi connectivity index (χ2n) is 7.42. The molecule has 4 atom stereocenters. The van der Waals surface area contributed by atoms with Crippen LogP contribution in [-0.2, 0) is 16.0 Å². The van der Waals surface area contributed by atoms with Gasteiger partial charge in [0.15, 0.2) is 5.78 Å². The monoisotopic (exact) mass is 486 g/mol. The molecule has 1 aromatic rings. The predicted molar refractivity (Wildman–Crippen MR) is 114 cm³/mol. The van der Waals surface area contributed by atoms with Crippen molar-refractivity contribution in [3.05, 3.63) is 47.0 Å². The number of allylic oxidation sites excluding steroid dienone is 2. The van der Waals surface area contributed by atoms with Gasteiger partial charge < -0.3 is 5.11 Å². The van der Waals surface area contributed by atoms with Crippen LogP contribution in [0.25, 0.3) is 0 Å². The zero-order chi connectivity index (χ0) is 20.0. The van der Waals surface area contributed by atoms with Crippen LogP contribution in [0.2, 0.25) is 0 Å². The van der Waals surface area contributed by atoms with Crippen molar-refractivity contribution in [3.63, 3.8) is 0 Å². The average Bonchev–Trinajstić information content (AvgIpc) is 2.81. The van der Waals surface area contributed by atoms with Crippen molar-refractivity contribution in [1.29, 1.82) is 0 Å². The third-order valence-corrected chi connectivity index (χ3v) is 6.83. The van der Waals surface area contributed by atoms with E-state index in [0.29, 0.717) is 25.7 Å². The van der Waals surface area contributed by atoms with Gasteiger partial charge in [0.2, 0.25) is 0 Å². The molecule has 2 rings (SSSR count). The average molecular weight is 486 g/mol. The van der Waals surface area contributed by atoms with Gasteiger partial charge in [-0.25, -0.2) is 4.39 Å². The van der Waals surface area contributed by atoms with Crippen LogP contribution in [0.15, 0.2) is 30.4 Å². The first-order valence-corrected chi connectivity index (χ1v) is 10.8. The van der Waals surface area contributed by atoms with Gasteiger partial charge in [-0.05, 0) is 62.6 Å². The number of carbonyl (C=O) groups is 2. The van der Waals surface area contributed by atoms with Gasteiger partial charge in [0, 0.05) is 18.3 Å². The summed E-state index contributed by atoms with van der Waals surface area (Å²) < 4.78 is 14.2. The van der Waals surface area contributed by atoms with Gasteiger partial charge in [-0.15, -0.1) is 0 Å². The largest absolute Gasteiger partial charge is 0.481 e. The first-order valence-electron chi connectivity index (χ1n) is 9.56. The third-order valence-electron chi connectivity index (χ3n) is 5.53. The molecule has 1 fully saturated rings. The Morgan fingerprint density at radius 3 is 2.56 bits per heavy atom. The summed E-state index contributed by atoms with van der Waals surface area (Å²) in [7, 11) is 0. The van der Waals surface area contributed by atoms with Gasteiger partial charge in [0.25, 0.3) is 0 Å². The lowest BCUT2D eigenvalue weighted by Crippen LogP contribution is -2.20.